The number of carboxylic acids is 2. The monoisotopic (exact) mass is 837 g/mol. The minimum Gasteiger partial charge on any atom is -0.481 e. The number of nitrogens with one attached hydrogen (secondary N) is 8. The fourth-order valence-electron chi connectivity index (χ4n) is 6.59. The Labute approximate surface area is 348 Å². The molecule has 2 heterocycles. The van der Waals surface area contributed by atoms with E-state index in [-0.39, 0.29) is 25.2 Å². The second-order valence-electron chi connectivity index (χ2n) is 15.6. The van der Waals surface area contributed by atoms with Crippen LogP contribution in [0.2, 0.25) is 0 Å². The summed E-state index contributed by atoms with van der Waals surface area (Å²) in [5.41, 5.74) is 2.00. The van der Waals surface area contributed by atoms with Gasteiger partial charge in [0, 0.05) is 48.8 Å². The number of imidazole rings is 1. The SMILES string of the molecule is CC[C@H](C)[C@H](NC(=O)[C@H](CC(=O)O)NC(=O)[C@H](CC(C)C)NC(=O)[C@H](Cc1cnc[nH]1)NC(C)=O)C(=O)N[C@@H](C(=O)N[C@@H](Cc1c[nH]c2ccccc12)C(=O)O)[C@@H](C)CC. The standard InChI is InChI=1S/C41H59N9O10/c1-8-22(5)34(39(57)48-32(41(59)60)15-25-18-43-28-13-11-10-12-27(25)28)50-40(58)35(23(6)9-2)49-38(56)31(17-33(52)53)47-36(54)29(14-21(3)4)46-37(55)30(45-24(7)51)16-26-19-42-20-44-26/h10-13,18-23,29-32,34-35,43H,8-9,14-17H2,1-7H3,(H,42,44)(H,45,51)(H,46,55)(H,47,54)(H,48,57)(H,49,56)(H,50,58)(H,52,53)(H,59,60)/t22-,23-,29-,30-,31-,32-,34+,35-/m0/s1. The highest BCUT2D eigenvalue weighted by molar-refractivity contribution is 5.98. The summed E-state index contributed by atoms with van der Waals surface area (Å²) in [4.78, 5) is 115. The molecule has 0 aliphatic carbocycles. The van der Waals surface area contributed by atoms with Crippen LogP contribution in [0.15, 0.2) is 43.0 Å². The lowest BCUT2D eigenvalue weighted by atomic mass is 9.94. The first-order valence-corrected chi connectivity index (χ1v) is 20.1. The number of benzene rings is 1. The Hall–Kier alpha value is -6.27. The van der Waals surface area contributed by atoms with E-state index < -0.39 is 102 Å². The van der Waals surface area contributed by atoms with Gasteiger partial charge in [0.25, 0.3) is 0 Å². The number of H-pyrrole nitrogens is 2. The van der Waals surface area contributed by atoms with Crippen LogP contribution in [0.25, 0.3) is 10.9 Å². The van der Waals surface area contributed by atoms with E-state index in [1.165, 1.54) is 19.4 Å². The van der Waals surface area contributed by atoms with Gasteiger partial charge in [0.05, 0.1) is 12.7 Å². The largest absolute Gasteiger partial charge is 0.481 e. The molecule has 0 spiro atoms. The first-order valence-electron chi connectivity index (χ1n) is 20.1. The number of aromatic amines is 2. The molecule has 1 aromatic carbocycles. The Morgan fingerprint density at radius 2 is 1.22 bits per heavy atom. The maximum Gasteiger partial charge on any atom is 0.326 e. The molecule has 0 fully saturated rings. The highest BCUT2D eigenvalue weighted by Crippen LogP contribution is 2.20. The van der Waals surface area contributed by atoms with Crippen LogP contribution < -0.4 is 31.9 Å². The molecule has 0 aliphatic heterocycles. The molecule has 328 valence electrons. The van der Waals surface area contributed by atoms with E-state index in [9.17, 15) is 48.6 Å². The average Bonchev–Trinajstić information content (AvgIpc) is 3.86. The zero-order chi connectivity index (χ0) is 44.7. The van der Waals surface area contributed by atoms with E-state index >= 15 is 0 Å². The van der Waals surface area contributed by atoms with E-state index in [0.717, 1.165) is 10.9 Å². The normalized spacial score (nSPS) is 15.3. The number of carboxylic acid groups (broad SMARTS) is 2. The number of rotatable bonds is 24. The summed E-state index contributed by atoms with van der Waals surface area (Å²) in [6, 6.07) is -0.626. The molecule has 3 rings (SSSR count). The summed E-state index contributed by atoms with van der Waals surface area (Å²) in [5, 5.41) is 36.0. The van der Waals surface area contributed by atoms with Gasteiger partial charge in [-0.15, -0.1) is 0 Å². The first kappa shape index (κ1) is 48.1. The summed E-state index contributed by atoms with van der Waals surface area (Å²) in [6.45, 7) is 11.7. The number of para-hydroxylation sites is 1. The molecule has 6 amide bonds. The fraction of sp³-hybridized carbons (Fsp3) is 0.537. The van der Waals surface area contributed by atoms with Gasteiger partial charge < -0.3 is 52.1 Å². The van der Waals surface area contributed by atoms with Gasteiger partial charge in [0.2, 0.25) is 35.4 Å². The van der Waals surface area contributed by atoms with E-state index in [0.29, 0.717) is 24.1 Å². The van der Waals surface area contributed by atoms with Crippen molar-refractivity contribution >= 4 is 58.3 Å². The zero-order valence-corrected chi connectivity index (χ0v) is 35.1. The molecular formula is C41H59N9O10. The summed E-state index contributed by atoms with van der Waals surface area (Å²) >= 11 is 0. The lowest BCUT2D eigenvalue weighted by Crippen LogP contribution is -2.61. The van der Waals surface area contributed by atoms with Crippen LogP contribution in [-0.2, 0) is 51.2 Å². The van der Waals surface area contributed by atoms with E-state index in [1.807, 2.05) is 24.3 Å². The van der Waals surface area contributed by atoms with Gasteiger partial charge in [-0.2, -0.15) is 0 Å². The number of fused-ring (bicyclic) bond motifs is 1. The summed E-state index contributed by atoms with van der Waals surface area (Å²) in [6.07, 6.45) is 4.50. The molecule has 0 saturated carbocycles. The second-order valence-corrected chi connectivity index (χ2v) is 15.6. The number of carbonyl (C=O) groups is 8. The third-order valence-corrected chi connectivity index (χ3v) is 10.3. The highest BCUT2D eigenvalue weighted by atomic mass is 16.4. The van der Waals surface area contributed by atoms with Crippen LogP contribution in [0.5, 0.6) is 0 Å². The Balaban J connectivity index is 1.81. The van der Waals surface area contributed by atoms with Crippen molar-refractivity contribution < 1.29 is 48.6 Å². The van der Waals surface area contributed by atoms with Gasteiger partial charge in [0.1, 0.15) is 36.3 Å². The Kier molecular flexibility index (Phi) is 18.3. The van der Waals surface area contributed by atoms with Gasteiger partial charge in [-0.25, -0.2) is 9.78 Å². The molecule has 0 unspecified atom stereocenters. The molecule has 19 nitrogen and oxygen atoms in total. The maximum atomic E-state index is 14.0. The number of hydrogen-bond donors (Lipinski definition) is 10. The van der Waals surface area contributed by atoms with Crippen molar-refractivity contribution in [3.8, 4) is 0 Å². The first-order chi connectivity index (χ1) is 28.3. The van der Waals surface area contributed by atoms with E-state index in [1.54, 1.807) is 47.7 Å². The minimum atomic E-state index is -1.70. The molecule has 60 heavy (non-hydrogen) atoms. The Morgan fingerprint density at radius 3 is 1.77 bits per heavy atom. The number of carbonyl (C=O) groups excluding carboxylic acids is 6. The van der Waals surface area contributed by atoms with Crippen LogP contribution >= 0.6 is 0 Å². The van der Waals surface area contributed by atoms with Crippen LogP contribution in [0.4, 0.5) is 0 Å². The number of hydrogen-bond acceptors (Lipinski definition) is 9. The summed E-state index contributed by atoms with van der Waals surface area (Å²) in [7, 11) is 0. The smallest absolute Gasteiger partial charge is 0.326 e. The summed E-state index contributed by atoms with van der Waals surface area (Å²) in [5.74, 6) is -8.55. The Morgan fingerprint density at radius 1 is 0.667 bits per heavy atom. The molecule has 2 aromatic heterocycles. The quantitative estimate of drug-likeness (QED) is 0.0614. The topological polar surface area (TPSA) is 294 Å². The molecule has 3 aromatic rings. The van der Waals surface area contributed by atoms with Gasteiger partial charge >= 0.3 is 11.9 Å². The predicted octanol–water partition coefficient (Wildman–Crippen LogP) is 1.30. The predicted molar refractivity (Wildman–Crippen MR) is 220 cm³/mol. The molecule has 8 atom stereocenters. The number of aliphatic carboxylic acids is 2. The third kappa shape index (κ3) is 14.2. The zero-order valence-electron chi connectivity index (χ0n) is 35.1. The van der Waals surface area contributed by atoms with Gasteiger partial charge in [-0.05, 0) is 35.8 Å². The second kappa shape index (κ2) is 22.8. The van der Waals surface area contributed by atoms with Gasteiger partial charge in [0.15, 0.2) is 0 Å². The molecule has 19 heteroatoms. The van der Waals surface area contributed by atoms with Crippen molar-refractivity contribution in [3.05, 3.63) is 54.2 Å². The molecular weight excluding hydrogens is 779 g/mol. The molecule has 0 aliphatic rings. The number of amides is 6. The van der Waals surface area contributed by atoms with Crippen molar-refractivity contribution in [3.63, 3.8) is 0 Å². The lowest BCUT2D eigenvalue weighted by molar-refractivity contribution is -0.142. The van der Waals surface area contributed by atoms with Gasteiger partial charge in [-0.1, -0.05) is 72.6 Å². The molecule has 0 saturated heterocycles. The van der Waals surface area contributed by atoms with Gasteiger partial charge in [-0.3, -0.25) is 33.6 Å². The van der Waals surface area contributed by atoms with Crippen molar-refractivity contribution in [1.82, 2.24) is 46.9 Å². The number of nitrogens with zero attached hydrogens (tertiary/aromatic N) is 1. The van der Waals surface area contributed by atoms with Crippen molar-refractivity contribution in [2.24, 2.45) is 17.8 Å². The fourth-order valence-corrected chi connectivity index (χ4v) is 6.59. The van der Waals surface area contributed by atoms with Crippen molar-refractivity contribution in [2.45, 2.75) is 123 Å². The van der Waals surface area contributed by atoms with Crippen LogP contribution in [0.3, 0.4) is 0 Å². The van der Waals surface area contributed by atoms with Crippen LogP contribution in [-0.4, -0.2) is 109 Å². The van der Waals surface area contributed by atoms with Crippen LogP contribution in [0.1, 0.15) is 85.4 Å². The molecule has 0 radical (unpaired) electrons. The van der Waals surface area contributed by atoms with E-state index in [4.69, 9.17) is 0 Å². The maximum absolute atomic E-state index is 14.0. The third-order valence-electron chi connectivity index (χ3n) is 10.3. The molecule has 10 N–H and O–H groups in total. The average molecular weight is 838 g/mol. The van der Waals surface area contributed by atoms with Crippen molar-refractivity contribution in [1.29, 1.82) is 0 Å². The van der Waals surface area contributed by atoms with Crippen LogP contribution in [0, 0.1) is 17.8 Å². The summed E-state index contributed by atoms with van der Waals surface area (Å²) < 4.78 is 0. The van der Waals surface area contributed by atoms with E-state index in [2.05, 4.69) is 46.9 Å². The Bertz CT molecular complexity index is 1960. The number of aromatic nitrogens is 3. The lowest BCUT2D eigenvalue weighted by Gasteiger charge is -2.30. The minimum absolute atomic E-state index is 0.0231. The highest BCUT2D eigenvalue weighted by Gasteiger charge is 2.37. The molecule has 0 bridgehead atoms. The van der Waals surface area contributed by atoms with Crippen molar-refractivity contribution in [2.75, 3.05) is 0 Å².